The lowest BCUT2D eigenvalue weighted by Crippen LogP contribution is -1.94. The predicted octanol–water partition coefficient (Wildman–Crippen LogP) is 3.74. The molecule has 0 saturated heterocycles. The molecule has 0 unspecified atom stereocenters. The minimum Gasteiger partial charge on any atom is -0.260 e. The molecule has 0 aliphatic rings. The van der Waals surface area contributed by atoms with Crippen LogP contribution < -0.4 is 5.43 Å². The zero-order valence-electron chi connectivity index (χ0n) is 9.96. The van der Waals surface area contributed by atoms with Crippen molar-refractivity contribution in [3.05, 3.63) is 62.3 Å². The number of aromatic nitrogens is 1. The number of benzene rings is 1. The highest BCUT2D eigenvalue weighted by Gasteiger charge is 2.03. The van der Waals surface area contributed by atoms with Crippen LogP contribution in [-0.4, -0.2) is 16.1 Å². The smallest absolute Gasteiger partial charge is 0.260 e. The first kappa shape index (κ1) is 14.2. The number of hydrogen-bond donors (Lipinski definition) is 1. The number of nitrogens with one attached hydrogen (secondary N) is 1. The third-order valence-electron chi connectivity index (χ3n) is 2.30. The molecule has 1 aromatic carbocycles. The highest BCUT2D eigenvalue weighted by Crippen LogP contribution is 2.22. The van der Waals surface area contributed by atoms with Crippen LogP contribution in [0.25, 0.3) is 0 Å². The number of anilines is 1. The van der Waals surface area contributed by atoms with Gasteiger partial charge in [-0.05, 0) is 23.8 Å². The molecule has 1 aromatic heterocycles. The Hall–Kier alpha value is -2.18. The van der Waals surface area contributed by atoms with Crippen LogP contribution in [0.3, 0.4) is 0 Å². The van der Waals surface area contributed by atoms with E-state index in [4.69, 9.17) is 23.2 Å². The molecule has 0 radical (unpaired) electrons. The fraction of sp³-hybridized carbons (Fsp3) is 0. The quantitative estimate of drug-likeness (QED) is 0.530. The van der Waals surface area contributed by atoms with E-state index in [1.54, 1.807) is 18.2 Å². The molecule has 0 amide bonds. The monoisotopic (exact) mass is 310 g/mol. The first-order valence-electron chi connectivity index (χ1n) is 5.41. The van der Waals surface area contributed by atoms with Crippen LogP contribution in [0.4, 0.5) is 11.5 Å². The summed E-state index contributed by atoms with van der Waals surface area (Å²) in [5, 5.41) is 15.2. The third-order valence-corrected chi connectivity index (χ3v) is 2.79. The van der Waals surface area contributed by atoms with Gasteiger partial charge in [-0.15, -0.1) is 0 Å². The number of pyridine rings is 1. The summed E-state index contributed by atoms with van der Waals surface area (Å²) in [7, 11) is 0. The van der Waals surface area contributed by atoms with E-state index in [-0.39, 0.29) is 5.69 Å². The Labute approximate surface area is 124 Å². The van der Waals surface area contributed by atoms with Gasteiger partial charge in [0.05, 0.1) is 21.2 Å². The molecule has 0 spiro atoms. The molecule has 6 nitrogen and oxygen atoms in total. The van der Waals surface area contributed by atoms with Crippen molar-refractivity contribution >= 4 is 40.9 Å². The van der Waals surface area contributed by atoms with Gasteiger partial charge in [0.1, 0.15) is 0 Å². The van der Waals surface area contributed by atoms with Gasteiger partial charge in [0.2, 0.25) is 0 Å². The van der Waals surface area contributed by atoms with Crippen molar-refractivity contribution in [2.45, 2.75) is 0 Å². The highest BCUT2D eigenvalue weighted by atomic mass is 35.5. The SMILES string of the molecule is O=[N+]([O-])c1ccc(/C=N\Nc2ncc(Cl)cc2Cl)cc1. The molecule has 0 bridgehead atoms. The van der Waals surface area contributed by atoms with Crippen LogP contribution in [0.15, 0.2) is 41.6 Å². The summed E-state index contributed by atoms with van der Waals surface area (Å²) in [5.74, 6) is 0.370. The van der Waals surface area contributed by atoms with E-state index in [1.165, 1.54) is 24.5 Å². The van der Waals surface area contributed by atoms with Crippen molar-refractivity contribution in [1.29, 1.82) is 0 Å². The summed E-state index contributed by atoms with van der Waals surface area (Å²) in [6.07, 6.45) is 2.94. The van der Waals surface area contributed by atoms with Crippen molar-refractivity contribution in [2.24, 2.45) is 5.10 Å². The van der Waals surface area contributed by atoms with Crippen LogP contribution in [0.1, 0.15) is 5.56 Å². The summed E-state index contributed by atoms with van der Waals surface area (Å²) in [6, 6.07) is 7.50. The number of hydrazone groups is 1. The zero-order chi connectivity index (χ0) is 14.5. The van der Waals surface area contributed by atoms with Crippen molar-refractivity contribution < 1.29 is 4.92 Å². The summed E-state index contributed by atoms with van der Waals surface area (Å²) < 4.78 is 0. The van der Waals surface area contributed by atoms with Crippen LogP contribution in [0.5, 0.6) is 0 Å². The Morgan fingerprint density at radius 1 is 1.30 bits per heavy atom. The minimum atomic E-state index is -0.462. The average molecular weight is 311 g/mol. The lowest BCUT2D eigenvalue weighted by molar-refractivity contribution is -0.384. The highest BCUT2D eigenvalue weighted by molar-refractivity contribution is 6.35. The molecule has 8 heteroatoms. The maximum Gasteiger partial charge on any atom is 0.269 e. The van der Waals surface area contributed by atoms with Crippen molar-refractivity contribution in [3.8, 4) is 0 Å². The normalized spacial score (nSPS) is 10.7. The van der Waals surface area contributed by atoms with E-state index in [9.17, 15) is 10.1 Å². The molecule has 0 atom stereocenters. The Morgan fingerprint density at radius 2 is 2.00 bits per heavy atom. The molecule has 0 fully saturated rings. The number of hydrogen-bond acceptors (Lipinski definition) is 5. The zero-order valence-corrected chi connectivity index (χ0v) is 11.5. The minimum absolute atomic E-state index is 0.0255. The number of non-ortho nitro benzene ring substituents is 1. The summed E-state index contributed by atoms with van der Waals surface area (Å²) in [4.78, 5) is 14.0. The van der Waals surface area contributed by atoms with E-state index in [2.05, 4.69) is 15.5 Å². The van der Waals surface area contributed by atoms with Crippen LogP contribution >= 0.6 is 23.2 Å². The topological polar surface area (TPSA) is 80.4 Å². The molecule has 0 saturated carbocycles. The lowest BCUT2D eigenvalue weighted by Gasteiger charge is -2.01. The second-order valence-electron chi connectivity index (χ2n) is 3.70. The molecule has 102 valence electrons. The van der Waals surface area contributed by atoms with Gasteiger partial charge in [0.15, 0.2) is 5.82 Å². The number of halogens is 2. The van der Waals surface area contributed by atoms with Crippen molar-refractivity contribution in [1.82, 2.24) is 4.98 Å². The second-order valence-corrected chi connectivity index (χ2v) is 4.55. The molecule has 20 heavy (non-hydrogen) atoms. The lowest BCUT2D eigenvalue weighted by atomic mass is 10.2. The first-order chi connectivity index (χ1) is 9.56. The van der Waals surface area contributed by atoms with Gasteiger partial charge in [-0.3, -0.25) is 15.5 Å². The average Bonchev–Trinajstić information content (AvgIpc) is 2.42. The summed E-state index contributed by atoms with van der Waals surface area (Å²) >= 11 is 11.6. The maximum absolute atomic E-state index is 10.5. The molecule has 2 rings (SSSR count). The number of nitrogens with zero attached hydrogens (tertiary/aromatic N) is 3. The van der Waals surface area contributed by atoms with E-state index < -0.39 is 4.92 Å². The number of nitro groups is 1. The van der Waals surface area contributed by atoms with Crippen LogP contribution in [-0.2, 0) is 0 Å². The third kappa shape index (κ3) is 3.66. The molecular weight excluding hydrogens is 303 g/mol. The Bertz CT molecular complexity index is 659. The molecule has 0 aliphatic carbocycles. The van der Waals surface area contributed by atoms with Gasteiger partial charge in [-0.25, -0.2) is 4.98 Å². The van der Waals surface area contributed by atoms with Gasteiger partial charge in [-0.2, -0.15) is 5.10 Å². The fourth-order valence-corrected chi connectivity index (χ4v) is 1.77. The molecule has 2 aromatic rings. The van der Waals surface area contributed by atoms with Gasteiger partial charge in [-0.1, -0.05) is 23.2 Å². The van der Waals surface area contributed by atoms with Gasteiger partial charge in [0, 0.05) is 18.3 Å². The Balaban J connectivity index is 2.04. The predicted molar refractivity (Wildman–Crippen MR) is 78.6 cm³/mol. The van der Waals surface area contributed by atoms with Gasteiger partial charge < -0.3 is 0 Å². The Kier molecular flexibility index (Phi) is 4.49. The van der Waals surface area contributed by atoms with Crippen molar-refractivity contribution in [2.75, 3.05) is 5.43 Å². The van der Waals surface area contributed by atoms with Gasteiger partial charge in [0.25, 0.3) is 5.69 Å². The van der Waals surface area contributed by atoms with E-state index >= 15 is 0 Å². The van der Waals surface area contributed by atoms with Crippen molar-refractivity contribution in [3.63, 3.8) is 0 Å². The van der Waals surface area contributed by atoms with Crippen LogP contribution in [0, 0.1) is 10.1 Å². The Morgan fingerprint density at radius 3 is 2.60 bits per heavy atom. The fourth-order valence-electron chi connectivity index (χ4n) is 1.35. The van der Waals surface area contributed by atoms with E-state index in [0.717, 1.165) is 0 Å². The summed E-state index contributed by atoms with van der Waals surface area (Å²) in [5.41, 5.74) is 3.39. The van der Waals surface area contributed by atoms with Crippen LogP contribution in [0.2, 0.25) is 10.0 Å². The molecule has 1 heterocycles. The maximum atomic E-state index is 10.5. The number of nitro benzene ring substituents is 1. The van der Waals surface area contributed by atoms with E-state index in [1.807, 2.05) is 0 Å². The van der Waals surface area contributed by atoms with E-state index in [0.29, 0.717) is 21.4 Å². The standard InChI is InChI=1S/C12H8Cl2N4O2/c13-9-5-11(14)12(15-7-9)17-16-6-8-1-3-10(4-2-8)18(19)20/h1-7H,(H,15,17)/b16-6-. The molecule has 0 aliphatic heterocycles. The van der Waals surface area contributed by atoms with Gasteiger partial charge >= 0.3 is 0 Å². The molecule has 1 N–H and O–H groups in total. The first-order valence-corrected chi connectivity index (χ1v) is 6.16. The number of rotatable bonds is 4. The molecular formula is C12H8Cl2N4O2. The second kappa shape index (κ2) is 6.31. The largest absolute Gasteiger partial charge is 0.269 e. The summed E-state index contributed by atoms with van der Waals surface area (Å²) in [6.45, 7) is 0.